The first-order valence-electron chi connectivity index (χ1n) is 10.5. The number of para-hydroxylation sites is 1. The fraction of sp³-hybridized carbons (Fsp3) is 0.0714. The van der Waals surface area contributed by atoms with Gasteiger partial charge in [0, 0.05) is 11.3 Å². The van der Waals surface area contributed by atoms with E-state index in [2.05, 4.69) is 0 Å². The Labute approximate surface area is 186 Å². The van der Waals surface area contributed by atoms with Crippen LogP contribution in [-0.4, -0.2) is 16.8 Å². The summed E-state index contributed by atoms with van der Waals surface area (Å²) in [6.45, 7) is 1.94. The molecule has 4 heteroatoms. The third-order valence-electron chi connectivity index (χ3n) is 5.98. The number of anilines is 1. The Bertz CT molecular complexity index is 1390. The maximum atomic E-state index is 13.3. The zero-order valence-corrected chi connectivity index (χ0v) is 17.5. The molecule has 0 radical (unpaired) electrons. The Morgan fingerprint density at radius 3 is 2.19 bits per heavy atom. The third-order valence-corrected chi connectivity index (χ3v) is 5.98. The number of benzene rings is 4. The zero-order valence-electron chi connectivity index (χ0n) is 17.5. The van der Waals surface area contributed by atoms with Crippen molar-refractivity contribution in [2.24, 2.45) is 0 Å². The second kappa shape index (κ2) is 7.82. The maximum Gasteiger partial charge on any atom is 0.300 e. The summed E-state index contributed by atoms with van der Waals surface area (Å²) in [5, 5.41) is 13.3. The number of amides is 1. The van der Waals surface area contributed by atoms with Gasteiger partial charge in [0.15, 0.2) is 0 Å². The van der Waals surface area contributed by atoms with Crippen LogP contribution in [0.4, 0.5) is 5.69 Å². The summed E-state index contributed by atoms with van der Waals surface area (Å²) in [4.78, 5) is 27.9. The highest BCUT2D eigenvalue weighted by molar-refractivity contribution is 6.51. The van der Waals surface area contributed by atoms with Gasteiger partial charge in [-0.25, -0.2) is 0 Å². The van der Waals surface area contributed by atoms with Crippen LogP contribution in [-0.2, 0) is 9.59 Å². The van der Waals surface area contributed by atoms with E-state index in [1.165, 1.54) is 4.90 Å². The van der Waals surface area contributed by atoms with E-state index in [9.17, 15) is 14.7 Å². The lowest BCUT2D eigenvalue weighted by atomic mass is 9.92. The van der Waals surface area contributed by atoms with Crippen LogP contribution in [0.2, 0.25) is 0 Å². The van der Waals surface area contributed by atoms with E-state index in [0.717, 1.165) is 21.9 Å². The summed E-state index contributed by atoms with van der Waals surface area (Å²) < 4.78 is 0. The van der Waals surface area contributed by atoms with Crippen molar-refractivity contribution in [3.63, 3.8) is 0 Å². The smallest absolute Gasteiger partial charge is 0.300 e. The first kappa shape index (κ1) is 19.8. The number of nitrogens with zero attached hydrogens (tertiary/aromatic N) is 1. The van der Waals surface area contributed by atoms with E-state index in [0.29, 0.717) is 11.3 Å². The Morgan fingerprint density at radius 2 is 1.44 bits per heavy atom. The highest BCUT2D eigenvalue weighted by Gasteiger charge is 2.47. The molecule has 32 heavy (non-hydrogen) atoms. The molecule has 4 aromatic carbocycles. The molecular formula is C28H21NO3. The summed E-state index contributed by atoms with van der Waals surface area (Å²) in [6, 6.07) is 29.4. The summed E-state index contributed by atoms with van der Waals surface area (Å²) in [6.07, 6.45) is 0. The van der Waals surface area contributed by atoms with Crippen LogP contribution in [0.3, 0.4) is 0 Å². The van der Waals surface area contributed by atoms with Crippen LogP contribution >= 0.6 is 0 Å². The predicted molar refractivity (Wildman–Crippen MR) is 126 cm³/mol. The van der Waals surface area contributed by atoms with E-state index < -0.39 is 17.7 Å². The van der Waals surface area contributed by atoms with Gasteiger partial charge in [-0.15, -0.1) is 0 Å². The third kappa shape index (κ3) is 3.17. The van der Waals surface area contributed by atoms with Crippen LogP contribution in [0, 0.1) is 6.92 Å². The molecule has 1 saturated heterocycles. The van der Waals surface area contributed by atoms with E-state index in [4.69, 9.17) is 0 Å². The van der Waals surface area contributed by atoms with Crippen molar-refractivity contribution >= 4 is 33.9 Å². The summed E-state index contributed by atoms with van der Waals surface area (Å²) in [7, 11) is 0. The van der Waals surface area contributed by atoms with Crippen molar-refractivity contribution in [3.05, 3.63) is 119 Å². The summed E-state index contributed by atoms with van der Waals surface area (Å²) in [5.41, 5.74) is 2.96. The molecular weight excluding hydrogens is 398 g/mol. The molecule has 4 nitrogen and oxygen atoms in total. The summed E-state index contributed by atoms with van der Waals surface area (Å²) in [5.74, 6) is -1.50. The maximum absolute atomic E-state index is 13.3. The van der Waals surface area contributed by atoms with E-state index in [1.807, 2.05) is 85.8 Å². The van der Waals surface area contributed by atoms with Crippen molar-refractivity contribution in [2.45, 2.75) is 13.0 Å². The fourth-order valence-corrected chi connectivity index (χ4v) is 4.37. The average molecular weight is 419 g/mol. The van der Waals surface area contributed by atoms with Crippen molar-refractivity contribution < 1.29 is 14.7 Å². The lowest BCUT2D eigenvalue weighted by Gasteiger charge is -2.26. The molecule has 1 unspecified atom stereocenters. The molecule has 1 fully saturated rings. The number of hydrogen-bond donors (Lipinski definition) is 1. The van der Waals surface area contributed by atoms with Crippen molar-refractivity contribution in [1.82, 2.24) is 0 Å². The lowest BCUT2D eigenvalue weighted by molar-refractivity contribution is -0.132. The van der Waals surface area contributed by atoms with E-state index >= 15 is 0 Å². The molecule has 156 valence electrons. The average Bonchev–Trinajstić information content (AvgIpc) is 3.09. The second-order valence-corrected chi connectivity index (χ2v) is 7.92. The first-order chi connectivity index (χ1) is 15.6. The zero-order chi connectivity index (χ0) is 22.2. The Balaban J connectivity index is 1.75. The molecule has 0 aromatic heterocycles. The van der Waals surface area contributed by atoms with Gasteiger partial charge in [-0.2, -0.15) is 0 Å². The molecule has 1 heterocycles. The summed E-state index contributed by atoms with van der Waals surface area (Å²) >= 11 is 0. The molecule has 1 aliphatic heterocycles. The van der Waals surface area contributed by atoms with Gasteiger partial charge in [-0.3, -0.25) is 14.5 Å². The number of carbonyl (C=O) groups is 2. The molecule has 0 saturated carbocycles. The van der Waals surface area contributed by atoms with Gasteiger partial charge >= 0.3 is 0 Å². The van der Waals surface area contributed by atoms with Crippen LogP contribution in [0.15, 0.2) is 103 Å². The van der Waals surface area contributed by atoms with E-state index in [1.54, 1.807) is 18.2 Å². The van der Waals surface area contributed by atoms with Crippen molar-refractivity contribution in [2.75, 3.05) is 4.90 Å². The number of ketones is 1. The predicted octanol–water partition coefficient (Wildman–Crippen LogP) is 5.77. The molecule has 1 N–H and O–H groups in total. The van der Waals surface area contributed by atoms with Crippen LogP contribution in [0.5, 0.6) is 0 Å². The van der Waals surface area contributed by atoms with Gasteiger partial charge < -0.3 is 5.11 Å². The molecule has 5 rings (SSSR count). The van der Waals surface area contributed by atoms with Crippen molar-refractivity contribution in [1.29, 1.82) is 0 Å². The van der Waals surface area contributed by atoms with Gasteiger partial charge in [-0.1, -0.05) is 78.9 Å². The number of aryl methyl sites for hydroxylation is 1. The number of hydrogen-bond acceptors (Lipinski definition) is 3. The standard InChI is InChI=1S/C28H21NO3/c1-18-9-5-8-14-23(18)25-24(27(31)28(32)29(25)22-12-3-2-4-13-22)26(30)21-16-15-19-10-6-7-11-20(19)17-21/h2-17,25,30H,1H3/b26-24+. The minimum Gasteiger partial charge on any atom is -0.507 e. The lowest BCUT2D eigenvalue weighted by Crippen LogP contribution is -2.29. The van der Waals surface area contributed by atoms with E-state index in [-0.39, 0.29) is 11.3 Å². The van der Waals surface area contributed by atoms with Crippen LogP contribution in [0.25, 0.3) is 16.5 Å². The quantitative estimate of drug-likeness (QED) is 0.260. The second-order valence-electron chi connectivity index (χ2n) is 7.92. The van der Waals surface area contributed by atoms with Crippen molar-refractivity contribution in [3.8, 4) is 0 Å². The number of carbonyl (C=O) groups excluding carboxylic acids is 2. The normalized spacial score (nSPS) is 17.8. The molecule has 0 bridgehead atoms. The highest BCUT2D eigenvalue weighted by Crippen LogP contribution is 2.43. The fourth-order valence-electron chi connectivity index (χ4n) is 4.37. The first-order valence-corrected chi connectivity index (χ1v) is 10.5. The monoisotopic (exact) mass is 419 g/mol. The molecule has 1 amide bonds. The van der Waals surface area contributed by atoms with Gasteiger partial charge in [0.05, 0.1) is 11.6 Å². The Kier molecular flexibility index (Phi) is 4.83. The molecule has 1 aliphatic rings. The minimum absolute atomic E-state index is 0.100. The molecule has 1 atom stereocenters. The number of Topliss-reactive ketones (excluding diaryl/α,β-unsaturated/α-hetero) is 1. The number of aliphatic hydroxyl groups excluding tert-OH is 1. The molecule has 0 spiro atoms. The molecule has 0 aliphatic carbocycles. The van der Waals surface area contributed by atoms with Crippen LogP contribution < -0.4 is 4.90 Å². The highest BCUT2D eigenvalue weighted by atomic mass is 16.3. The Hall–Kier alpha value is -4.18. The minimum atomic E-state index is -0.718. The Morgan fingerprint density at radius 1 is 0.781 bits per heavy atom. The van der Waals surface area contributed by atoms with Gasteiger partial charge in [0.1, 0.15) is 5.76 Å². The number of fused-ring (bicyclic) bond motifs is 1. The topological polar surface area (TPSA) is 57.6 Å². The van der Waals surface area contributed by atoms with Gasteiger partial charge in [-0.05, 0) is 47.0 Å². The number of aliphatic hydroxyl groups is 1. The molecule has 4 aromatic rings. The largest absolute Gasteiger partial charge is 0.507 e. The van der Waals surface area contributed by atoms with Gasteiger partial charge in [0.2, 0.25) is 0 Å². The number of rotatable bonds is 3. The SMILES string of the molecule is Cc1ccccc1C1/C(=C(\O)c2ccc3ccccc3c2)C(=O)C(=O)N1c1ccccc1. The van der Waals surface area contributed by atoms with Gasteiger partial charge in [0.25, 0.3) is 11.7 Å². The van der Waals surface area contributed by atoms with Crippen LogP contribution in [0.1, 0.15) is 22.7 Å².